The third-order valence-corrected chi connectivity index (χ3v) is 4.19. The van der Waals surface area contributed by atoms with Gasteiger partial charge in [0, 0.05) is 0 Å². The Morgan fingerprint density at radius 2 is 0.895 bits per heavy atom. The van der Waals surface area contributed by atoms with Crippen molar-refractivity contribution in [3.05, 3.63) is 0 Å². The molecule has 2 rings (SSSR count). The lowest BCUT2D eigenvalue weighted by molar-refractivity contribution is -0.0718. The van der Waals surface area contributed by atoms with E-state index in [4.69, 9.17) is 0 Å². The molecule has 2 heterocycles. The van der Waals surface area contributed by atoms with E-state index in [1.165, 1.54) is 9.80 Å². The Morgan fingerprint density at radius 3 is 1.11 bits per heavy atom. The minimum Gasteiger partial charge on any atom is -0.735 e. The molecule has 0 amide bonds. The zero-order valence-corrected chi connectivity index (χ0v) is 12.2. The highest BCUT2D eigenvalue weighted by Crippen LogP contribution is 2.17. The zero-order valence-electron chi connectivity index (χ0n) is 10.6. The van der Waals surface area contributed by atoms with Gasteiger partial charge in [0.05, 0.1) is 33.3 Å². The molecule has 8 N–H and O–H groups in total. The van der Waals surface area contributed by atoms with Gasteiger partial charge in [0.1, 0.15) is 0 Å². The van der Waals surface area contributed by atoms with Crippen molar-refractivity contribution in [1.29, 1.82) is 0 Å². The molecule has 0 atom stereocenters. The first-order valence-electron chi connectivity index (χ1n) is 4.53. The van der Waals surface area contributed by atoms with E-state index in [0.717, 1.165) is 0 Å². The lowest BCUT2D eigenvalue weighted by atomic mass is 10.5. The summed E-state index contributed by atoms with van der Waals surface area (Å²) < 4.78 is 66.3. The average Bonchev–Trinajstić information content (AvgIpc) is 2.13. The van der Waals surface area contributed by atoms with E-state index in [1.807, 2.05) is 0 Å². The van der Waals surface area contributed by atoms with Crippen LogP contribution in [0.25, 0.3) is 0 Å². The van der Waals surface area contributed by atoms with Crippen LogP contribution in [0.4, 0.5) is 0 Å². The first-order chi connectivity index (χ1) is 7.66. The van der Waals surface area contributed by atoms with Gasteiger partial charge in [-0.2, -0.15) is 8.61 Å². The summed E-state index contributed by atoms with van der Waals surface area (Å²) in [6.07, 6.45) is 0. The Balaban J connectivity index is 0.00000162. The summed E-state index contributed by atoms with van der Waals surface area (Å²) in [5, 5.41) is 0. The van der Waals surface area contributed by atoms with Crippen molar-refractivity contribution in [2.45, 2.75) is 0 Å². The van der Waals surface area contributed by atoms with Crippen LogP contribution in [-0.2, 0) is 20.6 Å². The fourth-order valence-corrected chi connectivity index (χ4v) is 3.03. The third kappa shape index (κ3) is 4.28. The Bertz CT molecular complexity index is 448. The molecule has 14 heteroatoms. The zero-order chi connectivity index (χ0) is 12.8. The van der Waals surface area contributed by atoms with Gasteiger partial charge in [0.2, 0.25) is 0 Å². The minimum absolute atomic E-state index is 0. The molecule has 0 aromatic carbocycles. The second kappa shape index (κ2) is 5.92. The molecule has 116 valence electrons. The molecule has 0 saturated carbocycles. The Morgan fingerprint density at radius 1 is 0.632 bits per heavy atom. The number of hydrogen-bond donors (Lipinski definition) is 2. The van der Waals surface area contributed by atoms with Gasteiger partial charge >= 0.3 is 0 Å². The van der Waals surface area contributed by atoms with Crippen LogP contribution in [0.2, 0.25) is 0 Å². The van der Waals surface area contributed by atoms with E-state index in [2.05, 4.69) is 0 Å². The van der Waals surface area contributed by atoms with Crippen molar-refractivity contribution in [3.63, 3.8) is 0 Å². The van der Waals surface area contributed by atoms with Crippen molar-refractivity contribution in [1.82, 2.24) is 30.7 Å². The normalized spacial score (nSPS) is 29.2. The van der Waals surface area contributed by atoms with E-state index < -0.39 is 20.6 Å². The van der Waals surface area contributed by atoms with E-state index in [9.17, 15) is 25.9 Å². The molecule has 2 fully saturated rings. The van der Waals surface area contributed by atoms with Gasteiger partial charge in [-0.1, -0.05) is 0 Å². The summed E-state index contributed by atoms with van der Waals surface area (Å²) >= 11 is 0. The molecular weight excluding hydrogens is 304 g/mol. The first-order valence-corrected chi connectivity index (χ1v) is 7.26. The maximum Gasteiger partial charge on any atom is 0.164 e. The number of nitrogens with zero attached hydrogens (tertiary/aromatic N) is 4. The largest absolute Gasteiger partial charge is 0.735 e. The predicted octanol–water partition coefficient (Wildman–Crippen LogP) is -2.32. The fraction of sp³-hybridized carbons (Fsp3) is 1.00. The van der Waals surface area contributed by atoms with Gasteiger partial charge in [-0.3, -0.25) is 9.80 Å². The molecule has 2 saturated heterocycles. The Labute approximate surface area is 111 Å². The number of rotatable bonds is 2. The van der Waals surface area contributed by atoms with Gasteiger partial charge in [0.25, 0.3) is 0 Å². The number of hydrogen-bond acceptors (Lipinski definition) is 8. The van der Waals surface area contributed by atoms with Crippen molar-refractivity contribution in [2.75, 3.05) is 33.3 Å². The summed E-state index contributed by atoms with van der Waals surface area (Å²) in [6.45, 7) is -0.538. The maximum atomic E-state index is 10.8. The fourth-order valence-electron chi connectivity index (χ4n) is 1.82. The standard InChI is InChI=1S/C5H12N4O6S2.2H3N/c10-16(11,12)8-2-6-1-7(4-8)5-9(3-6)17(13,14)15;;/h1-5H2,(H,10,11,12)(H,13,14,15);2*1H3. The molecular formula is C5H18N6O6S2. The summed E-state index contributed by atoms with van der Waals surface area (Å²) in [6, 6.07) is 0. The lowest BCUT2D eigenvalue weighted by Gasteiger charge is -2.49. The monoisotopic (exact) mass is 322 g/mol. The quantitative estimate of drug-likeness (QED) is 0.527. The highest BCUT2D eigenvalue weighted by atomic mass is 32.2. The van der Waals surface area contributed by atoms with Gasteiger partial charge < -0.3 is 21.4 Å². The smallest absolute Gasteiger partial charge is 0.164 e. The van der Waals surface area contributed by atoms with Crippen LogP contribution in [0.1, 0.15) is 0 Å². The third-order valence-electron chi connectivity index (χ3n) is 2.46. The van der Waals surface area contributed by atoms with Crippen LogP contribution in [-0.4, -0.2) is 77.7 Å². The van der Waals surface area contributed by atoms with Crippen LogP contribution >= 0.6 is 0 Å². The second-order valence-corrected chi connectivity index (χ2v) is 6.61. The Kier molecular flexibility index (Phi) is 5.79. The number of quaternary nitrogens is 2. The van der Waals surface area contributed by atoms with Gasteiger partial charge in [-0.15, -0.1) is 0 Å². The molecule has 2 bridgehead atoms. The van der Waals surface area contributed by atoms with Crippen molar-refractivity contribution < 1.29 is 25.9 Å². The highest BCUT2D eigenvalue weighted by molar-refractivity contribution is 7.83. The van der Waals surface area contributed by atoms with Crippen LogP contribution in [0.3, 0.4) is 0 Å². The van der Waals surface area contributed by atoms with Gasteiger partial charge in [-0.25, -0.2) is 16.8 Å². The van der Waals surface area contributed by atoms with Crippen molar-refractivity contribution in [2.24, 2.45) is 0 Å². The first kappa shape index (κ1) is 18.6. The lowest BCUT2D eigenvalue weighted by Crippen LogP contribution is -2.65. The molecule has 2 aliphatic heterocycles. The molecule has 0 unspecified atom stereocenters. The molecule has 19 heavy (non-hydrogen) atoms. The molecule has 2 aliphatic rings. The van der Waals surface area contributed by atoms with E-state index in [0.29, 0.717) is 15.3 Å². The Hall–Kier alpha value is -0.420. The molecule has 0 aromatic rings. The molecule has 12 nitrogen and oxygen atoms in total. The SMILES string of the molecule is O=S(=O)([O-])N1CN2CN(C1)CN(S(=O)(=O)[O-])C2.[NH4+].[NH4+]. The molecule has 0 aromatic heterocycles. The van der Waals surface area contributed by atoms with Crippen LogP contribution < -0.4 is 12.3 Å². The van der Waals surface area contributed by atoms with E-state index in [1.54, 1.807) is 0 Å². The van der Waals surface area contributed by atoms with Crippen molar-refractivity contribution >= 4 is 20.6 Å². The van der Waals surface area contributed by atoms with Gasteiger partial charge in [-0.05, 0) is 0 Å². The predicted molar refractivity (Wildman–Crippen MR) is 63.1 cm³/mol. The number of fused-ring (bicyclic) bond motifs is 2. The molecule has 0 radical (unpaired) electrons. The maximum absolute atomic E-state index is 10.8. The average molecular weight is 322 g/mol. The van der Waals surface area contributed by atoms with Crippen LogP contribution in [0.5, 0.6) is 0 Å². The topological polar surface area (TPSA) is 200 Å². The van der Waals surface area contributed by atoms with E-state index >= 15 is 0 Å². The highest BCUT2D eigenvalue weighted by Gasteiger charge is 2.34. The minimum atomic E-state index is -4.57. The molecule has 0 aliphatic carbocycles. The summed E-state index contributed by atoms with van der Waals surface area (Å²) in [5.41, 5.74) is 0. The second-order valence-electron chi connectivity index (χ2n) is 3.87. The van der Waals surface area contributed by atoms with Crippen LogP contribution in [0.15, 0.2) is 0 Å². The van der Waals surface area contributed by atoms with E-state index in [-0.39, 0.29) is 39.0 Å². The van der Waals surface area contributed by atoms with Gasteiger partial charge in [0.15, 0.2) is 20.6 Å². The summed E-state index contributed by atoms with van der Waals surface area (Å²) in [4.78, 5) is 2.75. The van der Waals surface area contributed by atoms with Crippen molar-refractivity contribution in [3.8, 4) is 0 Å². The van der Waals surface area contributed by atoms with Crippen LogP contribution in [0, 0.1) is 0 Å². The summed E-state index contributed by atoms with van der Waals surface area (Å²) in [5.74, 6) is 0. The summed E-state index contributed by atoms with van der Waals surface area (Å²) in [7, 11) is -9.13. The molecule has 0 spiro atoms.